The van der Waals surface area contributed by atoms with Crippen molar-refractivity contribution in [2.24, 2.45) is 0 Å². The van der Waals surface area contributed by atoms with Crippen LogP contribution >= 0.6 is 0 Å². The fourth-order valence-electron chi connectivity index (χ4n) is 10.6. The number of nitrogens with zero attached hydrogens (tertiary/aromatic N) is 2. The van der Waals surface area contributed by atoms with Crippen LogP contribution in [0.15, 0.2) is 267 Å². The third-order valence-electron chi connectivity index (χ3n) is 13.8. The summed E-state index contributed by atoms with van der Waals surface area (Å²) in [5.41, 5.74) is 16.5. The van der Waals surface area contributed by atoms with E-state index in [0.29, 0.717) is 0 Å². The van der Waals surface area contributed by atoms with Crippen LogP contribution in [-0.2, 0) is 0 Å². The Hall–Kier alpha value is -8.98. The Morgan fingerprint density at radius 2 is 0.647 bits per heavy atom. The zero-order chi connectivity index (χ0) is 45.0. The molecule has 0 aliphatic carbocycles. The van der Waals surface area contributed by atoms with Crippen LogP contribution in [0.4, 0.5) is 17.1 Å². The molecule has 0 saturated carbocycles. The minimum absolute atomic E-state index is 1.09. The van der Waals surface area contributed by atoms with E-state index in [4.69, 9.17) is 0 Å². The highest BCUT2D eigenvalue weighted by molar-refractivity contribution is 6.21. The summed E-state index contributed by atoms with van der Waals surface area (Å²) in [6, 6.07) is 97.5. The van der Waals surface area contributed by atoms with E-state index in [1.165, 1.54) is 98.6 Å². The van der Waals surface area contributed by atoms with Gasteiger partial charge in [0.1, 0.15) is 0 Å². The van der Waals surface area contributed by atoms with E-state index in [1.54, 1.807) is 0 Å². The van der Waals surface area contributed by atoms with Crippen molar-refractivity contribution in [2.75, 3.05) is 4.90 Å². The van der Waals surface area contributed by atoms with E-state index in [1.807, 2.05) is 0 Å². The van der Waals surface area contributed by atoms with Gasteiger partial charge in [0, 0.05) is 33.5 Å². The number of fused-ring (bicyclic) bond motifs is 6. The molecule has 318 valence electrons. The number of hydrogen-bond donors (Lipinski definition) is 0. The molecule has 0 atom stereocenters. The summed E-state index contributed by atoms with van der Waals surface area (Å²) in [5, 5.41) is 9.89. The standard InChI is InChI=1S/C66H44N2/c1-3-15-45(16-4-1)47-27-30-49(31-28-47)65-58-22-9-11-24-60(58)66(61-25-12-10-23-59(61)65)50-35-39-55(40-36-50)67(54-37-33-48(34-38-54)52-32-29-46-17-7-8-18-51(46)43-52)56-41-42-64-62(44-56)57-21-13-14-26-63(57)68(64)53-19-5-2-6-20-53/h1-44H. The molecule has 2 nitrogen and oxygen atoms in total. The van der Waals surface area contributed by atoms with Crippen molar-refractivity contribution < 1.29 is 0 Å². The van der Waals surface area contributed by atoms with Gasteiger partial charge in [-0.2, -0.15) is 0 Å². The molecule has 0 N–H and O–H groups in total. The first-order chi connectivity index (χ1) is 33.7. The Morgan fingerprint density at radius 3 is 1.26 bits per heavy atom. The summed E-state index contributed by atoms with van der Waals surface area (Å²) < 4.78 is 2.38. The number of para-hydroxylation sites is 2. The molecule has 12 aromatic carbocycles. The predicted molar refractivity (Wildman–Crippen MR) is 290 cm³/mol. The van der Waals surface area contributed by atoms with E-state index in [0.717, 1.165) is 22.7 Å². The first-order valence-corrected chi connectivity index (χ1v) is 23.4. The highest BCUT2D eigenvalue weighted by Crippen LogP contribution is 2.46. The lowest BCUT2D eigenvalue weighted by atomic mass is 9.85. The largest absolute Gasteiger partial charge is 0.310 e. The van der Waals surface area contributed by atoms with E-state index >= 15 is 0 Å². The second kappa shape index (κ2) is 16.5. The van der Waals surface area contributed by atoms with Crippen molar-refractivity contribution in [2.45, 2.75) is 0 Å². The normalized spacial score (nSPS) is 11.5. The van der Waals surface area contributed by atoms with Crippen LogP contribution in [0.2, 0.25) is 0 Å². The SMILES string of the molecule is c1ccc(-c2ccc(-c3c4ccccc4c(-c4ccc(N(c5ccc(-c6ccc7ccccc7c6)cc5)c5ccc6c(c5)c5ccccc5n6-c5ccccc5)cc4)c4ccccc34)cc2)cc1. The molecular formula is C66H44N2. The first kappa shape index (κ1) is 39.4. The molecule has 68 heavy (non-hydrogen) atoms. The van der Waals surface area contributed by atoms with Crippen LogP contribution in [0.3, 0.4) is 0 Å². The maximum absolute atomic E-state index is 2.40. The molecule has 0 aliphatic rings. The van der Waals surface area contributed by atoms with Gasteiger partial charge in [0.05, 0.1) is 11.0 Å². The lowest BCUT2D eigenvalue weighted by molar-refractivity contribution is 1.18. The van der Waals surface area contributed by atoms with E-state index in [2.05, 4.69) is 276 Å². The summed E-state index contributed by atoms with van der Waals surface area (Å²) in [6.07, 6.45) is 0. The Balaban J connectivity index is 0.949. The molecule has 0 saturated heterocycles. The minimum Gasteiger partial charge on any atom is -0.310 e. The van der Waals surface area contributed by atoms with Gasteiger partial charge in [-0.05, 0) is 144 Å². The first-order valence-electron chi connectivity index (χ1n) is 23.4. The van der Waals surface area contributed by atoms with Gasteiger partial charge in [0.2, 0.25) is 0 Å². The van der Waals surface area contributed by atoms with Crippen molar-refractivity contribution in [3.8, 4) is 50.2 Å². The molecule has 1 aromatic heterocycles. The van der Waals surface area contributed by atoms with Crippen LogP contribution in [0.5, 0.6) is 0 Å². The van der Waals surface area contributed by atoms with Gasteiger partial charge in [-0.3, -0.25) is 0 Å². The summed E-state index contributed by atoms with van der Waals surface area (Å²) in [4.78, 5) is 2.40. The third-order valence-corrected chi connectivity index (χ3v) is 13.8. The fraction of sp³-hybridized carbons (Fsp3) is 0. The molecule has 0 bridgehead atoms. The Kier molecular flexibility index (Phi) is 9.54. The maximum atomic E-state index is 2.40. The van der Waals surface area contributed by atoms with Gasteiger partial charge in [-0.25, -0.2) is 0 Å². The van der Waals surface area contributed by atoms with Crippen molar-refractivity contribution in [3.63, 3.8) is 0 Å². The number of hydrogen-bond acceptors (Lipinski definition) is 1. The average molecular weight is 865 g/mol. The van der Waals surface area contributed by atoms with Gasteiger partial charge < -0.3 is 9.47 Å². The van der Waals surface area contributed by atoms with Gasteiger partial charge in [0.15, 0.2) is 0 Å². The van der Waals surface area contributed by atoms with Crippen molar-refractivity contribution in [1.82, 2.24) is 4.57 Å². The lowest BCUT2D eigenvalue weighted by Gasteiger charge is -2.26. The predicted octanol–water partition coefficient (Wildman–Crippen LogP) is 18.4. The van der Waals surface area contributed by atoms with Gasteiger partial charge in [0.25, 0.3) is 0 Å². The van der Waals surface area contributed by atoms with Crippen LogP contribution in [0.1, 0.15) is 0 Å². The van der Waals surface area contributed by atoms with Gasteiger partial charge in [-0.15, -0.1) is 0 Å². The smallest absolute Gasteiger partial charge is 0.0542 e. The average Bonchev–Trinajstić information content (AvgIpc) is 3.75. The van der Waals surface area contributed by atoms with Crippen molar-refractivity contribution >= 4 is 71.2 Å². The molecule has 13 aromatic rings. The lowest BCUT2D eigenvalue weighted by Crippen LogP contribution is -2.10. The fourth-order valence-corrected chi connectivity index (χ4v) is 10.6. The molecule has 0 radical (unpaired) electrons. The summed E-state index contributed by atoms with van der Waals surface area (Å²) in [7, 11) is 0. The van der Waals surface area contributed by atoms with Crippen LogP contribution in [0.25, 0.3) is 104 Å². The van der Waals surface area contributed by atoms with Crippen LogP contribution in [-0.4, -0.2) is 4.57 Å². The Labute approximate surface area is 395 Å². The topological polar surface area (TPSA) is 8.17 Å². The van der Waals surface area contributed by atoms with E-state index in [-0.39, 0.29) is 0 Å². The van der Waals surface area contributed by atoms with E-state index < -0.39 is 0 Å². The van der Waals surface area contributed by atoms with Gasteiger partial charge >= 0.3 is 0 Å². The maximum Gasteiger partial charge on any atom is 0.0542 e. The summed E-state index contributed by atoms with van der Waals surface area (Å²) >= 11 is 0. The van der Waals surface area contributed by atoms with Crippen molar-refractivity contribution in [1.29, 1.82) is 0 Å². The summed E-state index contributed by atoms with van der Waals surface area (Å²) in [6.45, 7) is 0. The molecule has 1 heterocycles. The Bertz CT molecular complexity index is 3920. The highest BCUT2D eigenvalue weighted by Gasteiger charge is 2.20. The number of rotatable bonds is 8. The monoisotopic (exact) mass is 864 g/mol. The zero-order valence-electron chi connectivity index (χ0n) is 37.3. The zero-order valence-corrected chi connectivity index (χ0v) is 37.3. The molecule has 0 spiro atoms. The molecule has 0 unspecified atom stereocenters. The third kappa shape index (κ3) is 6.73. The molecule has 2 heteroatoms. The molecule has 0 aliphatic heterocycles. The molecule has 0 fully saturated rings. The number of anilines is 3. The number of aromatic nitrogens is 1. The molecule has 0 amide bonds. The molecular weight excluding hydrogens is 821 g/mol. The van der Waals surface area contributed by atoms with Gasteiger partial charge in [-0.1, -0.05) is 200 Å². The van der Waals surface area contributed by atoms with Crippen LogP contribution < -0.4 is 4.90 Å². The number of benzene rings is 12. The highest BCUT2D eigenvalue weighted by atomic mass is 15.1. The Morgan fingerprint density at radius 1 is 0.235 bits per heavy atom. The second-order valence-electron chi connectivity index (χ2n) is 17.7. The van der Waals surface area contributed by atoms with Crippen molar-refractivity contribution in [3.05, 3.63) is 267 Å². The second-order valence-corrected chi connectivity index (χ2v) is 17.7. The quantitative estimate of drug-likeness (QED) is 0.138. The molecule has 13 rings (SSSR count). The van der Waals surface area contributed by atoms with E-state index in [9.17, 15) is 0 Å². The van der Waals surface area contributed by atoms with Crippen LogP contribution in [0, 0.1) is 0 Å². The summed E-state index contributed by atoms with van der Waals surface area (Å²) in [5.74, 6) is 0. The minimum atomic E-state index is 1.09.